The van der Waals surface area contributed by atoms with Gasteiger partial charge in [0.05, 0.1) is 12.0 Å². The number of hydrogen-bond donors (Lipinski definition) is 0. The molecule has 2 heterocycles. The summed E-state index contributed by atoms with van der Waals surface area (Å²) in [6, 6.07) is 10.6. The molecule has 0 saturated carbocycles. The van der Waals surface area contributed by atoms with Gasteiger partial charge in [-0.25, -0.2) is 0 Å². The van der Waals surface area contributed by atoms with Crippen molar-refractivity contribution in [2.24, 2.45) is 5.92 Å². The number of hydrogen-bond acceptors (Lipinski definition) is 1. The number of benzene rings is 1. The van der Waals surface area contributed by atoms with E-state index in [0.717, 1.165) is 13.0 Å². The Kier molecular flexibility index (Phi) is 4.55. The van der Waals surface area contributed by atoms with Crippen LogP contribution < -0.4 is 0 Å². The molecule has 0 fully saturated rings. The number of amides is 1. The largest absolute Gasteiger partial charge is 0.327 e. The lowest BCUT2D eigenvalue weighted by Crippen LogP contribution is -2.50. The zero-order valence-electron chi connectivity index (χ0n) is 14.4. The van der Waals surface area contributed by atoms with Crippen molar-refractivity contribution in [3.63, 3.8) is 0 Å². The van der Waals surface area contributed by atoms with Crippen LogP contribution in [0.5, 0.6) is 0 Å². The van der Waals surface area contributed by atoms with Crippen molar-refractivity contribution in [2.75, 3.05) is 0 Å². The van der Waals surface area contributed by atoms with Crippen molar-refractivity contribution in [3.05, 3.63) is 59.2 Å². The van der Waals surface area contributed by atoms with Crippen LogP contribution in [0, 0.1) is 5.92 Å². The second-order valence-corrected chi connectivity index (χ2v) is 7.43. The summed E-state index contributed by atoms with van der Waals surface area (Å²) < 4.78 is 0. The van der Waals surface area contributed by atoms with Crippen LogP contribution in [-0.2, 0) is 11.3 Å². The maximum absolute atomic E-state index is 13.0. The summed E-state index contributed by atoms with van der Waals surface area (Å²) in [6.45, 7) is 0.738. The van der Waals surface area contributed by atoms with Gasteiger partial charge < -0.3 is 4.90 Å². The van der Waals surface area contributed by atoms with Crippen molar-refractivity contribution in [2.45, 2.75) is 64.0 Å². The second kappa shape index (κ2) is 6.96. The van der Waals surface area contributed by atoms with Gasteiger partial charge in [-0.15, -0.1) is 0 Å². The van der Waals surface area contributed by atoms with E-state index in [0.29, 0.717) is 5.91 Å². The minimum absolute atomic E-state index is 0.0214. The number of nitrogens with zero attached hydrogens (tertiary/aromatic N) is 1. The molecule has 1 amide bonds. The zero-order valence-corrected chi connectivity index (χ0v) is 14.4. The maximum atomic E-state index is 13.0. The van der Waals surface area contributed by atoms with Crippen molar-refractivity contribution < 1.29 is 4.79 Å². The molecule has 5 rings (SSSR count). The van der Waals surface area contributed by atoms with Crippen LogP contribution in [0.2, 0.25) is 0 Å². The number of fused-ring (bicyclic) bond motifs is 1. The summed E-state index contributed by atoms with van der Waals surface area (Å²) in [4.78, 5) is 15.2. The van der Waals surface area contributed by atoms with Crippen molar-refractivity contribution in [1.82, 2.24) is 4.90 Å². The first-order valence-corrected chi connectivity index (χ1v) is 9.59. The van der Waals surface area contributed by atoms with E-state index in [4.69, 9.17) is 0 Å². The molecule has 2 bridgehead atoms. The van der Waals surface area contributed by atoms with Crippen LogP contribution in [0.15, 0.2) is 53.6 Å². The smallest absolute Gasteiger partial charge is 0.234 e. The molecule has 2 heteroatoms. The number of rotatable bonds is 2. The fraction of sp³-hybridized carbons (Fsp3) is 0.500. The lowest BCUT2D eigenvalue weighted by molar-refractivity contribution is -0.136. The molecular formula is C22H27NO. The third-order valence-electron chi connectivity index (χ3n) is 5.85. The second-order valence-electron chi connectivity index (χ2n) is 7.43. The van der Waals surface area contributed by atoms with E-state index < -0.39 is 0 Å². The molecule has 126 valence electrons. The molecule has 1 aromatic carbocycles. The molecule has 0 spiro atoms. The first kappa shape index (κ1) is 15.7. The topological polar surface area (TPSA) is 20.3 Å². The SMILES string of the molecule is O=C1C2C=CC(C3=C2CCCCCCCC3)N1Cc1ccccc1. The van der Waals surface area contributed by atoms with Crippen molar-refractivity contribution in [3.8, 4) is 0 Å². The van der Waals surface area contributed by atoms with E-state index in [1.54, 1.807) is 5.57 Å². The molecule has 4 aliphatic rings. The van der Waals surface area contributed by atoms with E-state index >= 15 is 0 Å². The van der Waals surface area contributed by atoms with Gasteiger partial charge in [0.15, 0.2) is 0 Å². The van der Waals surface area contributed by atoms with Gasteiger partial charge in [0.25, 0.3) is 0 Å². The van der Waals surface area contributed by atoms with Crippen molar-refractivity contribution >= 4 is 5.91 Å². The highest BCUT2D eigenvalue weighted by Gasteiger charge is 2.41. The van der Waals surface area contributed by atoms with Crippen LogP contribution in [0.3, 0.4) is 0 Å². The minimum Gasteiger partial charge on any atom is -0.327 e. The molecule has 0 saturated heterocycles. The van der Waals surface area contributed by atoms with E-state index in [-0.39, 0.29) is 12.0 Å². The molecule has 1 aromatic rings. The van der Waals surface area contributed by atoms with Crippen LogP contribution in [0.25, 0.3) is 0 Å². The summed E-state index contributed by atoms with van der Waals surface area (Å²) >= 11 is 0. The van der Waals surface area contributed by atoms with Crippen LogP contribution in [-0.4, -0.2) is 16.8 Å². The van der Waals surface area contributed by atoms with Crippen LogP contribution >= 0.6 is 0 Å². The normalized spacial score (nSPS) is 27.3. The van der Waals surface area contributed by atoms with Gasteiger partial charge in [-0.05, 0) is 36.8 Å². The summed E-state index contributed by atoms with van der Waals surface area (Å²) in [5.74, 6) is 0.343. The Hall–Kier alpha value is -1.83. The number of carbonyl (C=O) groups excluding carboxylic acids is 1. The Morgan fingerprint density at radius 1 is 0.833 bits per heavy atom. The van der Waals surface area contributed by atoms with E-state index in [2.05, 4.69) is 41.3 Å². The molecule has 2 atom stereocenters. The van der Waals surface area contributed by atoms with Gasteiger partial charge in [0.2, 0.25) is 5.91 Å². The Morgan fingerprint density at radius 2 is 1.50 bits per heavy atom. The third kappa shape index (κ3) is 2.94. The highest BCUT2D eigenvalue weighted by atomic mass is 16.2. The van der Waals surface area contributed by atoms with Gasteiger partial charge in [0.1, 0.15) is 0 Å². The standard InChI is InChI=1S/C22H27NO/c24-22-20-14-15-21(23(22)16-17-10-6-5-7-11-17)19-13-9-4-2-1-3-8-12-18(19)20/h5-7,10-11,14-15,20-21H,1-4,8-9,12-13,16H2. The fourth-order valence-electron chi connectivity index (χ4n) is 4.60. The first-order valence-electron chi connectivity index (χ1n) is 9.59. The molecule has 0 N–H and O–H groups in total. The molecule has 0 aromatic heterocycles. The third-order valence-corrected chi connectivity index (χ3v) is 5.85. The predicted octanol–water partition coefficient (Wildman–Crippen LogP) is 5.01. The van der Waals surface area contributed by atoms with Gasteiger partial charge in [-0.2, -0.15) is 0 Å². The van der Waals surface area contributed by atoms with Gasteiger partial charge >= 0.3 is 0 Å². The maximum Gasteiger partial charge on any atom is 0.234 e. The lowest BCUT2D eigenvalue weighted by Gasteiger charge is -2.44. The van der Waals surface area contributed by atoms with Gasteiger partial charge in [0, 0.05) is 6.54 Å². The summed E-state index contributed by atoms with van der Waals surface area (Å²) in [5.41, 5.74) is 4.27. The lowest BCUT2D eigenvalue weighted by atomic mass is 9.75. The molecule has 0 radical (unpaired) electrons. The highest BCUT2D eigenvalue weighted by Crippen LogP contribution is 2.41. The van der Waals surface area contributed by atoms with Crippen LogP contribution in [0.1, 0.15) is 56.9 Å². The van der Waals surface area contributed by atoms with E-state index in [1.165, 1.54) is 56.1 Å². The summed E-state index contributed by atoms with van der Waals surface area (Å²) in [6.07, 6.45) is 14.7. The van der Waals surface area contributed by atoms with Gasteiger partial charge in [-0.1, -0.05) is 73.7 Å². The summed E-state index contributed by atoms with van der Waals surface area (Å²) in [7, 11) is 0. The molecule has 2 nitrogen and oxygen atoms in total. The number of carbonyl (C=O) groups is 1. The highest BCUT2D eigenvalue weighted by molar-refractivity contribution is 5.88. The molecule has 24 heavy (non-hydrogen) atoms. The Labute approximate surface area is 145 Å². The molecule has 2 aliphatic carbocycles. The predicted molar refractivity (Wildman–Crippen MR) is 97.4 cm³/mol. The Morgan fingerprint density at radius 3 is 2.25 bits per heavy atom. The van der Waals surface area contributed by atoms with Gasteiger partial charge in [-0.3, -0.25) is 4.79 Å². The Balaban J connectivity index is 1.62. The molecule has 2 unspecified atom stereocenters. The summed E-state index contributed by atoms with van der Waals surface area (Å²) in [5, 5.41) is 0. The Bertz CT molecular complexity index is 658. The van der Waals surface area contributed by atoms with E-state index in [1.807, 2.05) is 6.07 Å². The molecule has 2 aliphatic heterocycles. The molecular weight excluding hydrogens is 294 g/mol. The van der Waals surface area contributed by atoms with Crippen LogP contribution in [0.4, 0.5) is 0 Å². The van der Waals surface area contributed by atoms with E-state index in [9.17, 15) is 4.79 Å². The fourth-order valence-corrected chi connectivity index (χ4v) is 4.60. The minimum atomic E-state index is 0.0214. The zero-order chi connectivity index (χ0) is 16.4. The average molecular weight is 321 g/mol. The van der Waals surface area contributed by atoms with Crippen molar-refractivity contribution in [1.29, 1.82) is 0 Å². The first-order chi connectivity index (χ1) is 11.8. The monoisotopic (exact) mass is 321 g/mol. The average Bonchev–Trinajstić information content (AvgIpc) is 2.63. The quantitative estimate of drug-likeness (QED) is 0.701.